The summed E-state index contributed by atoms with van der Waals surface area (Å²) in [5.41, 5.74) is 6.83. The number of amides is 2. The molecule has 3 N–H and O–H groups in total. The maximum atomic E-state index is 11.0. The molecule has 1 aromatic heterocycles. The first-order valence-corrected chi connectivity index (χ1v) is 7.87. The van der Waals surface area contributed by atoms with Gasteiger partial charge in [0.05, 0.1) is 18.3 Å². The van der Waals surface area contributed by atoms with Gasteiger partial charge in [-0.15, -0.1) is 0 Å². The molecule has 2 rings (SSSR count). The molecule has 0 aliphatic carbocycles. The second-order valence-corrected chi connectivity index (χ2v) is 5.84. The highest BCUT2D eigenvalue weighted by Gasteiger charge is 2.20. The smallest absolute Gasteiger partial charge is 0.312 e. The first-order valence-electron chi connectivity index (χ1n) is 7.49. The molecule has 0 atom stereocenters. The fourth-order valence-corrected chi connectivity index (χ4v) is 2.45. The fourth-order valence-electron chi connectivity index (χ4n) is 2.27. The molecule has 7 heteroatoms. The molecule has 2 aromatic rings. The summed E-state index contributed by atoms with van der Waals surface area (Å²) in [5.74, 6) is 1.30. The Balaban J connectivity index is 2.40. The predicted octanol–water partition coefficient (Wildman–Crippen LogP) is 3.64. The number of benzene rings is 1. The van der Waals surface area contributed by atoms with Crippen molar-refractivity contribution in [2.45, 2.75) is 39.8 Å². The number of hydrogen-bond acceptors (Lipinski definition) is 3. The molecule has 0 saturated carbocycles. The van der Waals surface area contributed by atoms with Gasteiger partial charge in [-0.3, -0.25) is 0 Å². The fraction of sp³-hybridized carbons (Fsp3) is 0.375. The van der Waals surface area contributed by atoms with Crippen LogP contribution in [-0.4, -0.2) is 15.8 Å². The lowest BCUT2D eigenvalue weighted by atomic mass is 10.2. The van der Waals surface area contributed by atoms with E-state index in [1.54, 1.807) is 16.8 Å². The van der Waals surface area contributed by atoms with Crippen molar-refractivity contribution in [2.75, 3.05) is 0 Å². The van der Waals surface area contributed by atoms with Crippen molar-refractivity contribution >= 4 is 17.6 Å². The van der Waals surface area contributed by atoms with E-state index in [-0.39, 0.29) is 12.6 Å². The zero-order valence-corrected chi connectivity index (χ0v) is 14.2. The zero-order valence-electron chi connectivity index (χ0n) is 13.5. The zero-order chi connectivity index (χ0) is 17.0. The van der Waals surface area contributed by atoms with Gasteiger partial charge in [0.2, 0.25) is 5.88 Å². The summed E-state index contributed by atoms with van der Waals surface area (Å²) < 4.78 is 7.84. The third-order valence-corrected chi connectivity index (χ3v) is 3.56. The number of ether oxygens (including phenoxy) is 1. The number of halogens is 1. The average molecular weight is 337 g/mol. The number of rotatable bonds is 6. The Morgan fingerprint density at radius 3 is 2.78 bits per heavy atom. The van der Waals surface area contributed by atoms with Gasteiger partial charge in [-0.05, 0) is 38.5 Å². The third kappa shape index (κ3) is 4.16. The molecule has 0 aliphatic rings. The number of carbonyl (C=O) groups is 1. The number of nitrogens with one attached hydrogen (secondary N) is 1. The summed E-state index contributed by atoms with van der Waals surface area (Å²) in [6.45, 7) is 6.32. The van der Waals surface area contributed by atoms with E-state index in [4.69, 9.17) is 22.1 Å². The molecule has 6 nitrogen and oxygen atoms in total. The van der Waals surface area contributed by atoms with Crippen molar-refractivity contribution in [3.8, 4) is 11.6 Å². The van der Waals surface area contributed by atoms with Crippen LogP contribution in [0, 0.1) is 0 Å². The van der Waals surface area contributed by atoms with Crippen LogP contribution in [0.2, 0.25) is 5.02 Å². The van der Waals surface area contributed by atoms with Crippen LogP contribution in [-0.2, 0) is 13.0 Å². The lowest BCUT2D eigenvalue weighted by molar-refractivity contribution is 0.248. The minimum atomic E-state index is -0.580. The molecule has 0 aliphatic heterocycles. The normalized spacial score (nSPS) is 10.8. The third-order valence-electron chi connectivity index (χ3n) is 3.33. The Morgan fingerprint density at radius 1 is 1.48 bits per heavy atom. The van der Waals surface area contributed by atoms with Crippen LogP contribution in [0.15, 0.2) is 24.3 Å². The Bertz CT molecular complexity index is 697. The van der Waals surface area contributed by atoms with Gasteiger partial charge in [0.15, 0.2) is 0 Å². The van der Waals surface area contributed by atoms with Gasteiger partial charge in [-0.25, -0.2) is 9.48 Å². The van der Waals surface area contributed by atoms with Crippen molar-refractivity contribution in [2.24, 2.45) is 5.73 Å². The van der Waals surface area contributed by atoms with Crippen molar-refractivity contribution in [3.05, 3.63) is 40.5 Å². The summed E-state index contributed by atoms with van der Waals surface area (Å²) in [7, 11) is 0. The molecule has 124 valence electrons. The van der Waals surface area contributed by atoms with Gasteiger partial charge in [0.1, 0.15) is 5.75 Å². The first kappa shape index (κ1) is 17.1. The molecule has 0 bridgehead atoms. The topological polar surface area (TPSA) is 82.2 Å². The monoisotopic (exact) mass is 336 g/mol. The maximum Gasteiger partial charge on any atom is 0.312 e. The molecule has 0 fully saturated rings. The van der Waals surface area contributed by atoms with E-state index in [9.17, 15) is 4.79 Å². The lowest BCUT2D eigenvalue weighted by Crippen LogP contribution is -2.29. The molecular weight excluding hydrogens is 316 g/mol. The molecular formula is C16H21ClN4O2. The Hall–Kier alpha value is -2.21. The second kappa shape index (κ2) is 7.37. The van der Waals surface area contributed by atoms with Gasteiger partial charge >= 0.3 is 6.03 Å². The highest BCUT2D eigenvalue weighted by atomic mass is 35.5. The number of urea groups is 1. The van der Waals surface area contributed by atoms with Gasteiger partial charge < -0.3 is 15.8 Å². The summed E-state index contributed by atoms with van der Waals surface area (Å²) in [4.78, 5) is 11.0. The second-order valence-electron chi connectivity index (χ2n) is 5.40. The Morgan fingerprint density at radius 2 is 2.22 bits per heavy atom. The van der Waals surface area contributed by atoms with Crippen molar-refractivity contribution in [1.82, 2.24) is 15.1 Å². The van der Waals surface area contributed by atoms with E-state index in [1.807, 2.05) is 32.9 Å². The molecule has 1 aromatic carbocycles. The van der Waals surface area contributed by atoms with Crippen molar-refractivity contribution < 1.29 is 9.53 Å². The van der Waals surface area contributed by atoms with E-state index in [0.29, 0.717) is 16.7 Å². The van der Waals surface area contributed by atoms with Gasteiger partial charge in [-0.1, -0.05) is 24.6 Å². The molecule has 2 amide bonds. The Labute approximate surface area is 140 Å². The van der Waals surface area contributed by atoms with Crippen molar-refractivity contribution in [1.29, 1.82) is 0 Å². The summed E-state index contributed by atoms with van der Waals surface area (Å²) >= 11 is 6.01. The average Bonchev–Trinajstić information content (AvgIpc) is 2.83. The molecule has 0 radical (unpaired) electrons. The van der Waals surface area contributed by atoms with Crippen molar-refractivity contribution in [3.63, 3.8) is 0 Å². The molecule has 0 saturated heterocycles. The maximum absolute atomic E-state index is 11.0. The van der Waals surface area contributed by atoms with Crippen LogP contribution in [0.4, 0.5) is 4.79 Å². The molecule has 0 spiro atoms. The van der Waals surface area contributed by atoms with Crippen LogP contribution >= 0.6 is 11.6 Å². The minimum absolute atomic E-state index is 0.108. The molecule has 0 unspecified atom stereocenters. The summed E-state index contributed by atoms with van der Waals surface area (Å²) in [6, 6.07) is 6.73. The summed E-state index contributed by atoms with van der Waals surface area (Å²) in [5, 5.41) is 7.74. The highest BCUT2D eigenvalue weighted by molar-refractivity contribution is 6.30. The van der Waals surface area contributed by atoms with E-state index in [2.05, 4.69) is 10.4 Å². The summed E-state index contributed by atoms with van der Waals surface area (Å²) in [6.07, 6.45) is 0.721. The first-order chi connectivity index (χ1) is 10.9. The SMILES string of the molecule is CCc1c(CNC(N)=O)nn(C(C)C)c1Oc1cccc(Cl)c1. The van der Waals surface area contributed by atoms with Gasteiger partial charge in [0.25, 0.3) is 0 Å². The van der Waals surface area contributed by atoms with Crippen LogP contribution in [0.1, 0.15) is 38.1 Å². The number of aromatic nitrogens is 2. The number of carbonyl (C=O) groups excluding carboxylic acids is 1. The molecule has 23 heavy (non-hydrogen) atoms. The van der Waals surface area contributed by atoms with Gasteiger partial charge in [0, 0.05) is 10.6 Å². The molecule has 1 heterocycles. The van der Waals surface area contributed by atoms with Gasteiger partial charge in [-0.2, -0.15) is 5.10 Å². The quantitative estimate of drug-likeness (QED) is 0.844. The van der Waals surface area contributed by atoms with Crippen LogP contribution in [0.25, 0.3) is 0 Å². The lowest BCUT2D eigenvalue weighted by Gasteiger charge is -2.13. The van der Waals surface area contributed by atoms with E-state index < -0.39 is 6.03 Å². The number of hydrogen-bond donors (Lipinski definition) is 2. The highest BCUT2D eigenvalue weighted by Crippen LogP contribution is 2.32. The largest absolute Gasteiger partial charge is 0.439 e. The van der Waals surface area contributed by atoms with Crippen LogP contribution in [0.3, 0.4) is 0 Å². The predicted molar refractivity (Wildman–Crippen MR) is 89.9 cm³/mol. The van der Waals surface area contributed by atoms with Crippen LogP contribution < -0.4 is 15.8 Å². The Kier molecular flexibility index (Phi) is 5.50. The van der Waals surface area contributed by atoms with E-state index in [0.717, 1.165) is 17.7 Å². The number of nitrogens with zero attached hydrogens (tertiary/aromatic N) is 2. The standard InChI is InChI=1S/C16H21ClN4O2/c1-4-13-14(9-19-16(18)22)20-21(10(2)3)15(13)23-12-7-5-6-11(17)8-12/h5-8,10H,4,9H2,1-3H3,(H3,18,19,22). The number of nitrogens with two attached hydrogens (primary N) is 1. The van der Waals surface area contributed by atoms with E-state index >= 15 is 0 Å². The number of primary amides is 1. The van der Waals surface area contributed by atoms with E-state index in [1.165, 1.54) is 0 Å². The van der Waals surface area contributed by atoms with Crippen LogP contribution in [0.5, 0.6) is 11.6 Å². The minimum Gasteiger partial charge on any atom is -0.439 e.